The molecule has 2 heterocycles. The molecule has 4 rings (SSSR count). The molecule has 0 spiro atoms. The number of carbonyl (C=O) groups excluding carboxylic acids is 1. The number of nitrogens with one attached hydrogen (secondary N) is 1. The SMILES string of the molecule is Cc1ccc(NC(=O)Cn2c(=O)c3c(ncn3CC(C)C)n(Cc3ccccc3)c2=O)c(Cl)c1. The van der Waals surface area contributed by atoms with Gasteiger partial charge in [0.25, 0.3) is 5.56 Å². The van der Waals surface area contributed by atoms with E-state index in [1.54, 1.807) is 23.0 Å². The van der Waals surface area contributed by atoms with Gasteiger partial charge in [0.1, 0.15) is 6.54 Å². The molecule has 0 aliphatic carbocycles. The maximum atomic E-state index is 13.4. The fraction of sp³-hybridized carbons (Fsp3) is 0.280. The first-order valence-corrected chi connectivity index (χ1v) is 11.4. The number of carbonyl (C=O) groups is 1. The summed E-state index contributed by atoms with van der Waals surface area (Å²) in [7, 11) is 0. The van der Waals surface area contributed by atoms with Crippen molar-refractivity contribution in [2.24, 2.45) is 5.92 Å². The van der Waals surface area contributed by atoms with Gasteiger partial charge in [-0.2, -0.15) is 0 Å². The van der Waals surface area contributed by atoms with Crippen LogP contribution in [-0.4, -0.2) is 24.6 Å². The lowest BCUT2D eigenvalue weighted by Gasteiger charge is -2.14. The molecule has 0 saturated heterocycles. The van der Waals surface area contributed by atoms with Gasteiger partial charge >= 0.3 is 5.69 Å². The van der Waals surface area contributed by atoms with Crippen LogP contribution in [0.4, 0.5) is 5.69 Å². The minimum Gasteiger partial charge on any atom is -0.324 e. The van der Waals surface area contributed by atoms with Gasteiger partial charge in [0.2, 0.25) is 5.91 Å². The molecule has 34 heavy (non-hydrogen) atoms. The summed E-state index contributed by atoms with van der Waals surface area (Å²) in [5.74, 6) is -0.266. The van der Waals surface area contributed by atoms with Gasteiger partial charge in [-0.3, -0.25) is 14.2 Å². The Morgan fingerprint density at radius 3 is 2.50 bits per heavy atom. The Bertz CT molecular complexity index is 1470. The molecule has 2 aromatic heterocycles. The highest BCUT2D eigenvalue weighted by atomic mass is 35.5. The predicted octanol–water partition coefficient (Wildman–Crippen LogP) is 3.66. The summed E-state index contributed by atoms with van der Waals surface area (Å²) >= 11 is 6.23. The maximum Gasteiger partial charge on any atom is 0.333 e. The quantitative estimate of drug-likeness (QED) is 0.438. The van der Waals surface area contributed by atoms with Crippen LogP contribution in [0.3, 0.4) is 0 Å². The second-order valence-electron chi connectivity index (χ2n) is 8.74. The molecule has 4 aromatic rings. The first-order chi connectivity index (χ1) is 16.2. The standard InChI is InChI=1S/C25H26ClN5O3/c1-16(2)12-29-15-27-23-22(29)24(33)31(25(34)30(23)13-18-7-5-4-6-8-18)14-21(32)28-20-10-9-17(3)11-19(20)26/h4-11,15-16H,12-14H2,1-3H3,(H,28,32). The fourth-order valence-corrected chi connectivity index (χ4v) is 4.16. The van der Waals surface area contributed by atoms with E-state index in [1.165, 1.54) is 4.57 Å². The minimum atomic E-state index is -0.596. The number of anilines is 1. The fourth-order valence-electron chi connectivity index (χ4n) is 3.87. The summed E-state index contributed by atoms with van der Waals surface area (Å²) in [5, 5.41) is 3.08. The molecule has 0 aliphatic rings. The second kappa shape index (κ2) is 9.69. The van der Waals surface area contributed by atoms with Crippen LogP contribution in [0.1, 0.15) is 25.0 Å². The highest BCUT2D eigenvalue weighted by molar-refractivity contribution is 6.33. The van der Waals surface area contributed by atoms with Crippen molar-refractivity contribution in [1.29, 1.82) is 0 Å². The molecule has 2 aromatic carbocycles. The number of aryl methyl sites for hydroxylation is 1. The zero-order valence-electron chi connectivity index (χ0n) is 19.3. The van der Waals surface area contributed by atoms with Crippen LogP contribution in [0.15, 0.2) is 64.4 Å². The van der Waals surface area contributed by atoms with Crippen molar-refractivity contribution in [3.63, 3.8) is 0 Å². The molecular weight excluding hydrogens is 454 g/mol. The number of imidazole rings is 1. The van der Waals surface area contributed by atoms with Crippen LogP contribution >= 0.6 is 11.6 Å². The Balaban J connectivity index is 1.79. The summed E-state index contributed by atoms with van der Waals surface area (Å²) in [6.45, 7) is 6.29. The van der Waals surface area contributed by atoms with Crippen molar-refractivity contribution in [3.05, 3.63) is 91.8 Å². The first kappa shape index (κ1) is 23.5. The Kier molecular flexibility index (Phi) is 6.70. The number of fused-ring (bicyclic) bond motifs is 1. The number of benzene rings is 2. The van der Waals surface area contributed by atoms with E-state index in [1.807, 2.05) is 57.2 Å². The number of rotatable bonds is 7. The van der Waals surface area contributed by atoms with Crippen LogP contribution in [0.2, 0.25) is 5.02 Å². The Labute approximate surface area is 201 Å². The van der Waals surface area contributed by atoms with Crippen molar-refractivity contribution in [3.8, 4) is 0 Å². The molecule has 0 atom stereocenters. The van der Waals surface area contributed by atoms with E-state index < -0.39 is 23.7 Å². The van der Waals surface area contributed by atoms with Crippen LogP contribution in [0.25, 0.3) is 11.2 Å². The summed E-state index contributed by atoms with van der Waals surface area (Å²) in [6.07, 6.45) is 1.57. The molecule has 1 N–H and O–H groups in total. The van der Waals surface area contributed by atoms with E-state index in [0.717, 1.165) is 15.7 Å². The average Bonchev–Trinajstić information content (AvgIpc) is 3.20. The summed E-state index contributed by atoms with van der Waals surface area (Å²) in [4.78, 5) is 44.0. The molecule has 0 fully saturated rings. The smallest absolute Gasteiger partial charge is 0.324 e. The van der Waals surface area contributed by atoms with Gasteiger partial charge in [-0.25, -0.2) is 14.3 Å². The van der Waals surface area contributed by atoms with Crippen LogP contribution in [0.5, 0.6) is 0 Å². The molecule has 1 amide bonds. The number of hydrogen-bond donors (Lipinski definition) is 1. The third kappa shape index (κ3) is 4.82. The normalized spacial score (nSPS) is 11.3. The number of hydrogen-bond acceptors (Lipinski definition) is 4. The van der Waals surface area contributed by atoms with Gasteiger partial charge in [0.15, 0.2) is 11.2 Å². The summed E-state index contributed by atoms with van der Waals surface area (Å²) in [5.41, 5.74) is 1.70. The molecule has 0 saturated carbocycles. The van der Waals surface area contributed by atoms with Gasteiger partial charge < -0.3 is 9.88 Å². The molecule has 0 unspecified atom stereocenters. The van der Waals surface area contributed by atoms with Gasteiger partial charge in [-0.15, -0.1) is 0 Å². The molecule has 8 nitrogen and oxygen atoms in total. The summed E-state index contributed by atoms with van der Waals surface area (Å²) in [6, 6.07) is 14.7. The van der Waals surface area contributed by atoms with Crippen molar-refractivity contribution in [2.45, 2.75) is 40.4 Å². The first-order valence-electron chi connectivity index (χ1n) is 11.0. The maximum absolute atomic E-state index is 13.4. The van der Waals surface area contributed by atoms with E-state index in [-0.39, 0.29) is 12.5 Å². The van der Waals surface area contributed by atoms with E-state index in [4.69, 9.17) is 11.6 Å². The monoisotopic (exact) mass is 479 g/mol. The largest absolute Gasteiger partial charge is 0.333 e. The summed E-state index contributed by atoms with van der Waals surface area (Å²) < 4.78 is 4.14. The zero-order chi connectivity index (χ0) is 24.4. The number of nitrogens with zero attached hydrogens (tertiary/aromatic N) is 4. The highest BCUT2D eigenvalue weighted by Crippen LogP contribution is 2.22. The Morgan fingerprint density at radius 1 is 1.09 bits per heavy atom. The van der Waals surface area contributed by atoms with Crippen LogP contribution < -0.4 is 16.6 Å². The highest BCUT2D eigenvalue weighted by Gasteiger charge is 2.20. The molecular formula is C25H26ClN5O3. The van der Waals surface area contributed by atoms with Crippen molar-refractivity contribution in [2.75, 3.05) is 5.32 Å². The van der Waals surface area contributed by atoms with E-state index in [9.17, 15) is 14.4 Å². The van der Waals surface area contributed by atoms with Gasteiger partial charge in [-0.05, 0) is 36.1 Å². The zero-order valence-corrected chi connectivity index (χ0v) is 20.0. The molecule has 176 valence electrons. The van der Waals surface area contributed by atoms with Crippen LogP contribution in [-0.2, 0) is 24.4 Å². The number of halogens is 1. The van der Waals surface area contributed by atoms with Gasteiger partial charge in [0.05, 0.1) is 23.6 Å². The van der Waals surface area contributed by atoms with E-state index in [2.05, 4.69) is 10.3 Å². The Morgan fingerprint density at radius 2 is 1.82 bits per heavy atom. The molecule has 0 radical (unpaired) electrons. The lowest BCUT2D eigenvalue weighted by atomic mass is 10.2. The van der Waals surface area contributed by atoms with E-state index in [0.29, 0.717) is 28.4 Å². The number of aromatic nitrogens is 4. The van der Waals surface area contributed by atoms with Gasteiger partial charge in [0, 0.05) is 6.54 Å². The third-order valence-electron chi connectivity index (χ3n) is 5.43. The lowest BCUT2D eigenvalue weighted by molar-refractivity contribution is -0.116. The minimum absolute atomic E-state index is 0.223. The predicted molar refractivity (Wildman–Crippen MR) is 133 cm³/mol. The van der Waals surface area contributed by atoms with Crippen LogP contribution in [0, 0.1) is 12.8 Å². The van der Waals surface area contributed by atoms with Crippen molar-refractivity contribution in [1.82, 2.24) is 18.7 Å². The Hall–Kier alpha value is -3.65. The lowest BCUT2D eigenvalue weighted by Crippen LogP contribution is -2.43. The number of amides is 1. The second-order valence-corrected chi connectivity index (χ2v) is 9.15. The van der Waals surface area contributed by atoms with Crippen molar-refractivity contribution >= 4 is 34.4 Å². The molecule has 9 heteroatoms. The average molecular weight is 480 g/mol. The van der Waals surface area contributed by atoms with Gasteiger partial charge in [-0.1, -0.05) is 61.8 Å². The van der Waals surface area contributed by atoms with Crippen molar-refractivity contribution < 1.29 is 4.79 Å². The third-order valence-corrected chi connectivity index (χ3v) is 5.74. The molecule has 0 aliphatic heterocycles. The topological polar surface area (TPSA) is 90.9 Å². The van der Waals surface area contributed by atoms with E-state index >= 15 is 0 Å². The molecule has 0 bridgehead atoms.